The molecule has 1 heterocycles. The molecule has 0 aliphatic heterocycles. The van der Waals surface area contributed by atoms with E-state index >= 15 is 4.39 Å². The quantitative estimate of drug-likeness (QED) is 0.0747. The molecule has 47 heavy (non-hydrogen) atoms. The molecular formula is C38H19F4N4Pt-3. The van der Waals surface area contributed by atoms with E-state index in [2.05, 4.69) is 12.1 Å². The minimum absolute atomic E-state index is 0. The van der Waals surface area contributed by atoms with Crippen LogP contribution in [0.1, 0.15) is 40.4 Å². The molecule has 0 amide bonds. The molecule has 4 aromatic carbocycles. The van der Waals surface area contributed by atoms with Crippen molar-refractivity contribution in [2.24, 2.45) is 0 Å². The SMILES string of the molecule is C/C(=C\C=C/C(=[N-])C1(c2cccc(-c3[c-]cc(F)c(C#N)c3F)n2)c2ccccc2-c2ccccc21)c1[c-]cc(F)c(C#N)c1F.[Pt]. The van der Waals surface area contributed by atoms with Gasteiger partial charge in [-0.05, 0) is 34.0 Å². The summed E-state index contributed by atoms with van der Waals surface area (Å²) in [5.41, 5.74) is 0.328. The molecule has 0 N–H and O–H groups in total. The third-order valence-corrected chi connectivity index (χ3v) is 7.99. The number of nitriles is 2. The molecule has 232 valence electrons. The molecule has 5 aromatic rings. The molecule has 0 atom stereocenters. The third-order valence-electron chi connectivity index (χ3n) is 7.99. The van der Waals surface area contributed by atoms with Crippen LogP contribution in [-0.2, 0) is 26.5 Å². The molecule has 1 aliphatic rings. The molecule has 6 rings (SSSR count). The van der Waals surface area contributed by atoms with Gasteiger partial charge in [-0.2, -0.15) is 16.2 Å². The second-order valence-electron chi connectivity index (χ2n) is 10.5. The van der Waals surface area contributed by atoms with Crippen molar-refractivity contribution in [3.05, 3.63) is 171 Å². The second kappa shape index (κ2) is 13.1. The third kappa shape index (κ3) is 5.31. The average molecular weight is 803 g/mol. The zero-order valence-electron chi connectivity index (χ0n) is 24.4. The number of benzene rings is 4. The standard InChI is InChI=1S/C38H19F4N4.Pt/c1-22(23-16-18-31(39)27(20-43)36(23)41)8-6-14-34(45)38(29-11-4-2-9-24(29)25-10-3-5-12-30(25)38)35-15-7-13-33(46-35)26-17-19-32(40)28(21-44)37(26)42;/h2-15,18-19H,1H3;/q-3;/b14-6-,22-8+;. The summed E-state index contributed by atoms with van der Waals surface area (Å²) in [6, 6.07) is 29.5. The smallest absolute Gasteiger partial charge is 0.0848 e. The second-order valence-corrected chi connectivity index (χ2v) is 10.5. The molecule has 0 fully saturated rings. The molecule has 1 aromatic heterocycles. The number of nitrogens with zero attached hydrogens (tertiary/aromatic N) is 4. The van der Waals surface area contributed by atoms with Crippen LogP contribution >= 0.6 is 0 Å². The number of halogens is 4. The Morgan fingerprint density at radius 1 is 0.809 bits per heavy atom. The molecule has 0 saturated heterocycles. The summed E-state index contributed by atoms with van der Waals surface area (Å²) in [6.07, 6.45) is 4.39. The summed E-state index contributed by atoms with van der Waals surface area (Å²) in [4.78, 5) is 4.76. The summed E-state index contributed by atoms with van der Waals surface area (Å²) in [7, 11) is 0. The van der Waals surface area contributed by atoms with Crippen LogP contribution in [0.5, 0.6) is 0 Å². The van der Waals surface area contributed by atoms with Gasteiger partial charge in [-0.3, -0.25) is 22.5 Å². The van der Waals surface area contributed by atoms with Crippen LogP contribution < -0.4 is 0 Å². The molecule has 1 aliphatic carbocycles. The van der Waals surface area contributed by atoms with E-state index < -0.39 is 39.8 Å². The van der Waals surface area contributed by atoms with E-state index in [1.165, 1.54) is 36.4 Å². The maximum absolute atomic E-state index is 15.3. The van der Waals surface area contributed by atoms with Crippen LogP contribution in [0.2, 0.25) is 0 Å². The monoisotopic (exact) mass is 802 g/mol. The molecule has 0 spiro atoms. The van der Waals surface area contributed by atoms with Gasteiger partial charge >= 0.3 is 0 Å². The first-order chi connectivity index (χ1) is 22.2. The predicted molar refractivity (Wildman–Crippen MR) is 166 cm³/mol. The maximum atomic E-state index is 15.3. The van der Waals surface area contributed by atoms with Gasteiger partial charge in [-0.1, -0.05) is 85.3 Å². The number of hydrogen-bond acceptors (Lipinski definition) is 3. The molecule has 9 heteroatoms. The topological polar surface area (TPSA) is 82.8 Å². The molecule has 0 unspecified atom stereocenters. The molecule has 0 bridgehead atoms. The van der Waals surface area contributed by atoms with Crippen molar-refractivity contribution in [1.29, 1.82) is 10.5 Å². The van der Waals surface area contributed by atoms with E-state index in [-0.39, 0.29) is 43.6 Å². The Balaban J connectivity index is 0.00000433. The van der Waals surface area contributed by atoms with Crippen LogP contribution in [0, 0.1) is 58.1 Å². The summed E-state index contributed by atoms with van der Waals surface area (Å²) in [5.74, 6) is -4.21. The number of aromatic nitrogens is 1. The first kappa shape index (κ1) is 32.9. The van der Waals surface area contributed by atoms with Gasteiger partial charge in [0.25, 0.3) is 0 Å². The summed E-state index contributed by atoms with van der Waals surface area (Å²) in [6.45, 7) is 1.56. The summed E-state index contributed by atoms with van der Waals surface area (Å²) in [5, 5.41) is 30.5. The zero-order valence-corrected chi connectivity index (χ0v) is 26.6. The van der Waals surface area contributed by atoms with Crippen LogP contribution in [0.15, 0.2) is 97.1 Å². The van der Waals surface area contributed by atoms with Crippen molar-refractivity contribution >= 4 is 11.3 Å². The van der Waals surface area contributed by atoms with Gasteiger partial charge in [0.1, 0.15) is 0 Å². The van der Waals surface area contributed by atoms with Gasteiger partial charge in [-0.25, -0.2) is 0 Å². The Morgan fingerprint density at radius 2 is 1.38 bits per heavy atom. The minimum Gasteiger partial charge on any atom is -0.806 e. The fourth-order valence-corrected chi connectivity index (χ4v) is 5.87. The number of pyridine rings is 1. The Morgan fingerprint density at radius 3 is 2.00 bits per heavy atom. The maximum Gasteiger partial charge on any atom is 0.0848 e. The largest absolute Gasteiger partial charge is 0.806 e. The fraction of sp³-hybridized carbons (Fsp3) is 0.0526. The Kier molecular flexibility index (Phi) is 9.20. The van der Waals surface area contributed by atoms with Crippen LogP contribution in [0.4, 0.5) is 17.6 Å². The van der Waals surface area contributed by atoms with E-state index in [9.17, 15) is 23.8 Å². The zero-order chi connectivity index (χ0) is 32.6. The number of fused-ring (bicyclic) bond motifs is 3. The van der Waals surface area contributed by atoms with Crippen molar-refractivity contribution < 1.29 is 38.6 Å². The van der Waals surface area contributed by atoms with E-state index in [4.69, 9.17) is 10.2 Å². The van der Waals surface area contributed by atoms with Crippen molar-refractivity contribution in [2.75, 3.05) is 0 Å². The fourth-order valence-electron chi connectivity index (χ4n) is 5.87. The van der Waals surface area contributed by atoms with E-state index in [1.54, 1.807) is 19.1 Å². The number of hydrogen-bond donors (Lipinski definition) is 0. The first-order valence-electron chi connectivity index (χ1n) is 13.9. The van der Waals surface area contributed by atoms with Gasteiger partial charge in [0.2, 0.25) is 0 Å². The van der Waals surface area contributed by atoms with Gasteiger partial charge in [0.05, 0.1) is 40.8 Å². The van der Waals surface area contributed by atoms with Gasteiger partial charge in [-0.15, -0.1) is 41.5 Å². The van der Waals surface area contributed by atoms with Crippen LogP contribution in [0.25, 0.3) is 33.4 Å². The van der Waals surface area contributed by atoms with Gasteiger partial charge in [0.15, 0.2) is 0 Å². The van der Waals surface area contributed by atoms with Crippen molar-refractivity contribution in [3.8, 4) is 34.5 Å². The van der Waals surface area contributed by atoms with Crippen molar-refractivity contribution in [1.82, 2.24) is 4.98 Å². The van der Waals surface area contributed by atoms with Gasteiger partial charge in [0, 0.05) is 37.9 Å². The molecular weight excluding hydrogens is 784 g/mol. The van der Waals surface area contributed by atoms with E-state index in [0.717, 1.165) is 23.3 Å². The van der Waals surface area contributed by atoms with E-state index in [0.29, 0.717) is 22.4 Å². The van der Waals surface area contributed by atoms with Crippen molar-refractivity contribution in [3.63, 3.8) is 0 Å². The first-order valence-corrected chi connectivity index (χ1v) is 13.9. The Labute approximate surface area is 282 Å². The summed E-state index contributed by atoms with van der Waals surface area (Å²) >= 11 is 0. The average Bonchev–Trinajstić information content (AvgIpc) is 3.36. The normalized spacial score (nSPS) is 12.9. The molecule has 0 saturated carbocycles. The molecule has 4 nitrogen and oxygen atoms in total. The van der Waals surface area contributed by atoms with Crippen LogP contribution in [-0.4, -0.2) is 10.7 Å². The van der Waals surface area contributed by atoms with Crippen molar-refractivity contribution in [2.45, 2.75) is 12.3 Å². The number of allylic oxidation sites excluding steroid dienone is 4. The Bertz CT molecular complexity index is 2180. The predicted octanol–water partition coefficient (Wildman–Crippen LogP) is 8.63. The number of rotatable bonds is 6. The minimum atomic E-state index is -1.41. The van der Waals surface area contributed by atoms with Crippen LogP contribution in [0.3, 0.4) is 0 Å². The van der Waals surface area contributed by atoms with Gasteiger partial charge < -0.3 is 5.41 Å². The van der Waals surface area contributed by atoms with E-state index in [1.807, 2.05) is 48.5 Å². The Hall–Kier alpha value is -5.43. The molecule has 0 radical (unpaired) electrons. The summed E-state index contributed by atoms with van der Waals surface area (Å²) < 4.78 is 58.1.